The van der Waals surface area contributed by atoms with E-state index in [1.165, 1.54) is 4.88 Å². The first-order valence-corrected chi connectivity index (χ1v) is 6.31. The van der Waals surface area contributed by atoms with E-state index in [9.17, 15) is 4.79 Å². The molecule has 0 fully saturated rings. The standard InChI is InChI=1S/C13H13N3OS/c1-9-6-7-12(18-9)10(2)15-16-13(17)11-5-3-4-8-14-11/h3-8H,1-2H3,(H,16,17)/b15-10+. The lowest BCUT2D eigenvalue weighted by atomic mass is 10.3. The fourth-order valence-electron chi connectivity index (χ4n) is 1.37. The van der Waals surface area contributed by atoms with Gasteiger partial charge in [-0.2, -0.15) is 5.10 Å². The lowest BCUT2D eigenvalue weighted by molar-refractivity contribution is 0.0950. The summed E-state index contributed by atoms with van der Waals surface area (Å²) in [5, 5.41) is 4.07. The summed E-state index contributed by atoms with van der Waals surface area (Å²) >= 11 is 1.65. The normalized spacial score (nSPS) is 11.3. The molecule has 0 radical (unpaired) electrons. The molecule has 2 aromatic rings. The first-order chi connectivity index (χ1) is 8.66. The Morgan fingerprint density at radius 1 is 1.33 bits per heavy atom. The van der Waals surface area contributed by atoms with Crippen LogP contribution in [0.2, 0.25) is 0 Å². The SMILES string of the molecule is C/C(=N\NC(=O)c1ccccn1)c1ccc(C)s1. The molecular weight excluding hydrogens is 246 g/mol. The second-order valence-electron chi connectivity index (χ2n) is 3.76. The van der Waals surface area contributed by atoms with Gasteiger partial charge in [-0.1, -0.05) is 6.07 Å². The zero-order valence-corrected chi connectivity index (χ0v) is 11.0. The fourth-order valence-corrected chi connectivity index (χ4v) is 2.19. The molecular formula is C13H13N3OS. The molecule has 1 amide bonds. The number of aryl methyl sites for hydroxylation is 1. The number of carbonyl (C=O) groups is 1. The first kappa shape index (κ1) is 12.4. The highest BCUT2D eigenvalue weighted by Crippen LogP contribution is 2.15. The third kappa shape index (κ3) is 3.01. The predicted molar refractivity (Wildman–Crippen MR) is 73.0 cm³/mol. The summed E-state index contributed by atoms with van der Waals surface area (Å²) in [6, 6.07) is 9.20. The number of nitrogens with zero attached hydrogens (tertiary/aromatic N) is 2. The van der Waals surface area contributed by atoms with Crippen LogP contribution in [0.15, 0.2) is 41.6 Å². The summed E-state index contributed by atoms with van der Waals surface area (Å²) in [6.45, 7) is 3.90. The Labute approximate surface area is 109 Å². The van der Waals surface area contributed by atoms with Gasteiger partial charge in [-0.05, 0) is 38.1 Å². The molecule has 0 aromatic carbocycles. The van der Waals surface area contributed by atoms with E-state index in [0.29, 0.717) is 5.69 Å². The van der Waals surface area contributed by atoms with Crippen LogP contribution in [0, 0.1) is 6.92 Å². The van der Waals surface area contributed by atoms with Gasteiger partial charge in [-0.3, -0.25) is 9.78 Å². The van der Waals surface area contributed by atoms with Gasteiger partial charge in [0.2, 0.25) is 0 Å². The van der Waals surface area contributed by atoms with Crippen molar-refractivity contribution < 1.29 is 4.79 Å². The highest BCUT2D eigenvalue weighted by atomic mass is 32.1. The number of carbonyl (C=O) groups excluding carboxylic acids is 1. The summed E-state index contributed by atoms with van der Waals surface area (Å²) < 4.78 is 0. The number of aromatic nitrogens is 1. The summed E-state index contributed by atoms with van der Waals surface area (Å²) in [4.78, 5) is 17.9. The highest BCUT2D eigenvalue weighted by molar-refractivity contribution is 7.14. The quantitative estimate of drug-likeness (QED) is 0.680. The van der Waals surface area contributed by atoms with Crippen LogP contribution in [-0.2, 0) is 0 Å². The molecule has 5 heteroatoms. The molecule has 92 valence electrons. The van der Waals surface area contributed by atoms with E-state index in [1.54, 1.807) is 35.7 Å². The van der Waals surface area contributed by atoms with Gasteiger partial charge in [0.1, 0.15) is 5.69 Å². The van der Waals surface area contributed by atoms with E-state index < -0.39 is 0 Å². The Kier molecular flexibility index (Phi) is 3.84. The second-order valence-corrected chi connectivity index (χ2v) is 5.05. The number of hydrazone groups is 1. The molecule has 0 unspecified atom stereocenters. The fraction of sp³-hybridized carbons (Fsp3) is 0.154. The molecule has 1 N–H and O–H groups in total. The highest BCUT2D eigenvalue weighted by Gasteiger charge is 2.05. The number of pyridine rings is 1. The Morgan fingerprint density at radius 2 is 2.17 bits per heavy atom. The van der Waals surface area contributed by atoms with E-state index in [2.05, 4.69) is 15.5 Å². The van der Waals surface area contributed by atoms with Crippen LogP contribution in [0.5, 0.6) is 0 Å². The number of rotatable bonds is 3. The van der Waals surface area contributed by atoms with Crippen molar-refractivity contribution >= 4 is 23.0 Å². The third-order valence-electron chi connectivity index (χ3n) is 2.32. The Morgan fingerprint density at radius 3 is 2.78 bits per heavy atom. The van der Waals surface area contributed by atoms with E-state index in [4.69, 9.17) is 0 Å². The van der Waals surface area contributed by atoms with Crippen molar-refractivity contribution in [2.75, 3.05) is 0 Å². The van der Waals surface area contributed by atoms with Crippen LogP contribution >= 0.6 is 11.3 Å². The van der Waals surface area contributed by atoms with Gasteiger partial charge >= 0.3 is 0 Å². The van der Waals surface area contributed by atoms with Crippen molar-refractivity contribution in [3.8, 4) is 0 Å². The van der Waals surface area contributed by atoms with Crippen LogP contribution in [-0.4, -0.2) is 16.6 Å². The topological polar surface area (TPSA) is 54.4 Å². The van der Waals surface area contributed by atoms with Crippen LogP contribution in [0.3, 0.4) is 0 Å². The minimum absolute atomic E-state index is 0.303. The van der Waals surface area contributed by atoms with Crippen LogP contribution in [0.25, 0.3) is 0 Å². The largest absolute Gasteiger partial charge is 0.289 e. The van der Waals surface area contributed by atoms with Crippen molar-refractivity contribution in [2.45, 2.75) is 13.8 Å². The molecule has 2 rings (SSSR count). The monoisotopic (exact) mass is 259 g/mol. The van der Waals surface area contributed by atoms with E-state index in [1.807, 2.05) is 26.0 Å². The molecule has 0 saturated heterocycles. The number of amides is 1. The van der Waals surface area contributed by atoms with Crippen molar-refractivity contribution in [2.24, 2.45) is 5.10 Å². The summed E-state index contributed by atoms with van der Waals surface area (Å²) in [5.41, 5.74) is 3.65. The Balaban J connectivity index is 2.05. The Bertz CT molecular complexity index is 575. The third-order valence-corrected chi connectivity index (χ3v) is 3.43. The average molecular weight is 259 g/mol. The van der Waals surface area contributed by atoms with Gasteiger partial charge in [0.15, 0.2) is 0 Å². The molecule has 2 aromatic heterocycles. The van der Waals surface area contributed by atoms with Crippen molar-refractivity contribution in [3.05, 3.63) is 52.0 Å². The zero-order chi connectivity index (χ0) is 13.0. The van der Waals surface area contributed by atoms with E-state index >= 15 is 0 Å². The van der Waals surface area contributed by atoms with Crippen LogP contribution < -0.4 is 5.43 Å². The molecule has 0 bridgehead atoms. The second kappa shape index (κ2) is 5.55. The smallest absolute Gasteiger partial charge is 0.266 e. The number of hydrogen-bond acceptors (Lipinski definition) is 4. The van der Waals surface area contributed by atoms with Gasteiger partial charge in [-0.25, -0.2) is 5.43 Å². The average Bonchev–Trinajstić information content (AvgIpc) is 2.83. The molecule has 0 spiro atoms. The zero-order valence-electron chi connectivity index (χ0n) is 10.2. The van der Waals surface area contributed by atoms with E-state index in [0.717, 1.165) is 10.6 Å². The van der Waals surface area contributed by atoms with Gasteiger partial charge in [0.05, 0.1) is 10.6 Å². The summed E-state index contributed by atoms with van der Waals surface area (Å²) in [5.74, 6) is -0.303. The maximum absolute atomic E-state index is 11.7. The minimum atomic E-state index is -0.303. The van der Waals surface area contributed by atoms with Crippen molar-refractivity contribution in [3.63, 3.8) is 0 Å². The molecule has 0 atom stereocenters. The lowest BCUT2D eigenvalue weighted by Crippen LogP contribution is -2.20. The maximum Gasteiger partial charge on any atom is 0.289 e. The molecule has 0 saturated carbocycles. The minimum Gasteiger partial charge on any atom is -0.266 e. The predicted octanol–water partition coefficient (Wildman–Crippen LogP) is 2.61. The molecule has 2 heterocycles. The molecule has 0 aliphatic carbocycles. The van der Waals surface area contributed by atoms with Gasteiger partial charge in [-0.15, -0.1) is 11.3 Å². The van der Waals surface area contributed by atoms with E-state index in [-0.39, 0.29) is 5.91 Å². The van der Waals surface area contributed by atoms with Crippen molar-refractivity contribution in [1.29, 1.82) is 0 Å². The molecule has 18 heavy (non-hydrogen) atoms. The van der Waals surface area contributed by atoms with Gasteiger partial charge in [0.25, 0.3) is 5.91 Å². The van der Waals surface area contributed by atoms with Gasteiger partial charge < -0.3 is 0 Å². The first-order valence-electron chi connectivity index (χ1n) is 5.49. The molecule has 0 aliphatic rings. The van der Waals surface area contributed by atoms with Gasteiger partial charge in [0, 0.05) is 11.1 Å². The lowest BCUT2D eigenvalue weighted by Gasteiger charge is -2.00. The maximum atomic E-state index is 11.7. The summed E-state index contributed by atoms with van der Waals surface area (Å²) in [7, 11) is 0. The number of nitrogens with one attached hydrogen (secondary N) is 1. The summed E-state index contributed by atoms with van der Waals surface area (Å²) in [6.07, 6.45) is 1.58. The van der Waals surface area contributed by atoms with Crippen molar-refractivity contribution in [1.82, 2.24) is 10.4 Å². The molecule has 0 aliphatic heterocycles. The van der Waals surface area contributed by atoms with Crippen LogP contribution in [0.1, 0.15) is 27.2 Å². The molecule has 4 nitrogen and oxygen atoms in total. The Hall–Kier alpha value is -2.01. The number of hydrogen-bond donors (Lipinski definition) is 1. The van der Waals surface area contributed by atoms with Crippen LogP contribution in [0.4, 0.5) is 0 Å². The number of thiophene rings is 1.